The smallest absolute Gasteiger partial charge is 0.407 e. The molecule has 0 saturated carbocycles. The van der Waals surface area contributed by atoms with Crippen molar-refractivity contribution in [2.45, 2.75) is 32.2 Å². The highest BCUT2D eigenvalue weighted by atomic mass is 16.5. The maximum Gasteiger partial charge on any atom is 0.407 e. The topological polar surface area (TPSA) is 55.4 Å². The molecule has 12 heavy (non-hydrogen) atoms. The van der Waals surface area contributed by atoms with Gasteiger partial charge in [-0.3, -0.25) is 0 Å². The molecule has 0 heterocycles. The summed E-state index contributed by atoms with van der Waals surface area (Å²) in [6.45, 7) is 3.68. The molecule has 4 heteroatoms. The minimum Gasteiger partial charge on any atom is -0.453 e. The fourth-order valence-electron chi connectivity index (χ4n) is 0.877. The van der Waals surface area contributed by atoms with Gasteiger partial charge in [0.25, 0.3) is 0 Å². The third kappa shape index (κ3) is 2.53. The van der Waals surface area contributed by atoms with Crippen molar-refractivity contribution in [1.82, 2.24) is 5.32 Å². The van der Waals surface area contributed by atoms with Gasteiger partial charge < -0.3 is 14.8 Å². The quantitative estimate of drug-likeness (QED) is 0.656. The Balaban J connectivity index is 0. The first-order valence-corrected chi connectivity index (χ1v) is 3.96. The zero-order valence-corrected chi connectivity index (χ0v) is 7.72. The second kappa shape index (κ2) is 4.74. The van der Waals surface area contributed by atoms with Crippen LogP contribution in [0.2, 0.25) is 0 Å². The fraction of sp³-hybridized carbons (Fsp3) is 0.750. The van der Waals surface area contributed by atoms with E-state index in [9.17, 15) is 9.59 Å². The Morgan fingerprint density at radius 3 is 2.33 bits per heavy atom. The molecular weight excluding hydrogens is 158 g/mol. The monoisotopic (exact) mass is 175 g/mol. The summed E-state index contributed by atoms with van der Waals surface area (Å²) in [6.07, 6.45) is 1.33. The molecule has 0 aliphatic heterocycles. The summed E-state index contributed by atoms with van der Waals surface area (Å²) in [4.78, 5) is 21.5. The van der Waals surface area contributed by atoms with Crippen molar-refractivity contribution < 1.29 is 15.8 Å². The summed E-state index contributed by atoms with van der Waals surface area (Å²) in [5.74, 6) is 0. The van der Waals surface area contributed by atoms with Crippen LogP contribution in [-0.4, -0.2) is 25.0 Å². The molecule has 0 saturated heterocycles. The van der Waals surface area contributed by atoms with Crippen molar-refractivity contribution in [3.63, 3.8) is 0 Å². The van der Waals surface area contributed by atoms with Crippen LogP contribution in [0.15, 0.2) is 0 Å². The Labute approximate surface area is 73.8 Å². The molecular formula is C8H17NO3. The Morgan fingerprint density at radius 1 is 1.58 bits per heavy atom. The fourth-order valence-corrected chi connectivity index (χ4v) is 0.877. The molecule has 0 bridgehead atoms. The van der Waals surface area contributed by atoms with Crippen molar-refractivity contribution in [3.05, 3.63) is 0 Å². The van der Waals surface area contributed by atoms with Crippen LogP contribution >= 0.6 is 0 Å². The predicted octanol–water partition coefficient (Wildman–Crippen LogP) is 1.35. The van der Waals surface area contributed by atoms with Gasteiger partial charge in [0.05, 0.1) is 12.6 Å². The van der Waals surface area contributed by atoms with Gasteiger partial charge in [0.15, 0.2) is 0 Å². The average molecular weight is 175 g/mol. The number of aldehydes is 1. The highest BCUT2D eigenvalue weighted by molar-refractivity contribution is 5.76. The van der Waals surface area contributed by atoms with E-state index >= 15 is 0 Å². The molecule has 4 nitrogen and oxygen atoms in total. The van der Waals surface area contributed by atoms with Gasteiger partial charge in [0.2, 0.25) is 0 Å². The molecule has 0 aliphatic carbocycles. The van der Waals surface area contributed by atoms with Crippen molar-refractivity contribution in [3.8, 4) is 0 Å². The summed E-state index contributed by atoms with van der Waals surface area (Å²) in [7, 11) is 1.27. The Kier molecular flexibility index (Phi) is 4.33. The van der Waals surface area contributed by atoms with Crippen LogP contribution in [0.25, 0.3) is 0 Å². The molecule has 0 aliphatic rings. The Morgan fingerprint density at radius 2 is 2.08 bits per heavy atom. The van der Waals surface area contributed by atoms with Crippen molar-refractivity contribution in [2.24, 2.45) is 0 Å². The van der Waals surface area contributed by atoms with Crippen molar-refractivity contribution >= 4 is 12.4 Å². The van der Waals surface area contributed by atoms with Crippen LogP contribution in [0, 0.1) is 0 Å². The molecule has 0 rings (SSSR count). The molecule has 0 radical (unpaired) electrons. The van der Waals surface area contributed by atoms with Gasteiger partial charge in [-0.25, -0.2) is 4.79 Å². The lowest BCUT2D eigenvalue weighted by molar-refractivity contribution is -0.113. The molecule has 0 aromatic carbocycles. The first kappa shape index (κ1) is 10.9. The van der Waals surface area contributed by atoms with Crippen molar-refractivity contribution in [1.29, 1.82) is 0 Å². The van der Waals surface area contributed by atoms with E-state index < -0.39 is 11.6 Å². The van der Waals surface area contributed by atoms with Crippen LogP contribution in [0.4, 0.5) is 4.79 Å². The normalized spacial score (nSPS) is 10.6. The second-order valence-corrected chi connectivity index (χ2v) is 2.60. The zero-order chi connectivity index (χ0) is 9.61. The van der Waals surface area contributed by atoms with Gasteiger partial charge in [-0.2, -0.15) is 0 Å². The molecule has 0 spiro atoms. The predicted molar refractivity (Wildman–Crippen MR) is 47.0 cm³/mol. The lowest BCUT2D eigenvalue weighted by Gasteiger charge is -2.25. The zero-order valence-electron chi connectivity index (χ0n) is 7.72. The number of ether oxygens (including phenoxy) is 1. The number of amides is 1. The SMILES string of the molecule is CCC(C=O)(CC)NC(=O)OC.[HH]. The summed E-state index contributed by atoms with van der Waals surface area (Å²) >= 11 is 0. The third-order valence-electron chi connectivity index (χ3n) is 2.02. The van der Waals surface area contributed by atoms with Crippen LogP contribution in [0.1, 0.15) is 28.1 Å². The van der Waals surface area contributed by atoms with E-state index in [1.807, 2.05) is 13.8 Å². The number of methoxy groups -OCH3 is 1. The minimum atomic E-state index is -0.757. The number of hydrogen-bond donors (Lipinski definition) is 1. The van der Waals surface area contributed by atoms with Gasteiger partial charge >= 0.3 is 6.09 Å². The van der Waals surface area contributed by atoms with Crippen LogP contribution < -0.4 is 5.32 Å². The van der Waals surface area contributed by atoms with Gasteiger partial charge in [0.1, 0.15) is 6.29 Å². The van der Waals surface area contributed by atoms with Crippen molar-refractivity contribution in [2.75, 3.05) is 7.11 Å². The highest BCUT2D eigenvalue weighted by Gasteiger charge is 2.27. The van der Waals surface area contributed by atoms with Gasteiger partial charge in [-0.1, -0.05) is 13.8 Å². The molecule has 1 amide bonds. The molecule has 0 fully saturated rings. The first-order chi connectivity index (χ1) is 5.64. The van der Waals surface area contributed by atoms with Crippen LogP contribution in [0.3, 0.4) is 0 Å². The molecule has 0 atom stereocenters. The van der Waals surface area contributed by atoms with Crippen LogP contribution in [-0.2, 0) is 9.53 Å². The lowest BCUT2D eigenvalue weighted by atomic mass is 9.95. The third-order valence-corrected chi connectivity index (χ3v) is 2.02. The number of nitrogens with one attached hydrogen (secondary N) is 1. The summed E-state index contributed by atoms with van der Waals surface area (Å²) in [5.41, 5.74) is -0.757. The molecule has 1 N–H and O–H groups in total. The van der Waals surface area contributed by atoms with Gasteiger partial charge in [0, 0.05) is 1.43 Å². The second-order valence-electron chi connectivity index (χ2n) is 2.60. The molecule has 0 unspecified atom stereocenters. The molecule has 0 aromatic heterocycles. The molecule has 0 aromatic rings. The lowest BCUT2D eigenvalue weighted by Crippen LogP contribution is -2.48. The maximum atomic E-state index is 10.8. The molecule has 72 valence electrons. The van der Waals surface area contributed by atoms with E-state index in [1.165, 1.54) is 7.11 Å². The largest absolute Gasteiger partial charge is 0.453 e. The highest BCUT2D eigenvalue weighted by Crippen LogP contribution is 2.11. The van der Waals surface area contributed by atoms with E-state index in [2.05, 4.69) is 10.1 Å². The average Bonchev–Trinajstić information content (AvgIpc) is 2.14. The maximum absolute atomic E-state index is 10.8. The summed E-state index contributed by atoms with van der Waals surface area (Å²) in [5, 5.41) is 2.50. The summed E-state index contributed by atoms with van der Waals surface area (Å²) in [6, 6.07) is 0. The van der Waals surface area contributed by atoms with E-state index in [0.717, 1.165) is 6.29 Å². The van der Waals surface area contributed by atoms with Gasteiger partial charge in [-0.15, -0.1) is 0 Å². The number of rotatable bonds is 4. The van der Waals surface area contributed by atoms with E-state index in [4.69, 9.17) is 0 Å². The standard InChI is InChI=1S/C8H15NO3.H2/c1-4-8(5-2,6-10)9-7(11)12-3;/h6H,4-5H2,1-3H3,(H,9,11);1H. The minimum absolute atomic E-state index is 0. The number of carbonyl (C=O) groups excluding carboxylic acids is 2. The Hall–Kier alpha value is -1.06. The summed E-state index contributed by atoms with van der Waals surface area (Å²) < 4.78 is 4.40. The number of alkyl carbamates (subject to hydrolysis) is 1. The number of hydrogen-bond acceptors (Lipinski definition) is 3. The van der Waals surface area contributed by atoms with Gasteiger partial charge in [-0.05, 0) is 12.8 Å². The first-order valence-electron chi connectivity index (χ1n) is 3.96. The van der Waals surface area contributed by atoms with Crippen LogP contribution in [0.5, 0.6) is 0 Å². The number of carbonyl (C=O) groups is 2. The van der Waals surface area contributed by atoms with E-state index in [-0.39, 0.29) is 1.43 Å². The van der Waals surface area contributed by atoms with E-state index in [0.29, 0.717) is 12.8 Å². The Bertz CT molecular complexity index is 169. The van der Waals surface area contributed by atoms with E-state index in [1.54, 1.807) is 0 Å².